The number of aliphatic hydroxyl groups excluding tert-OH is 1. The fraction of sp³-hybridized carbons (Fsp3) is 0.692. The molecule has 194 valence electrons. The van der Waals surface area contributed by atoms with Crippen molar-refractivity contribution in [1.29, 1.82) is 0 Å². The van der Waals surface area contributed by atoms with Crippen LogP contribution < -0.4 is 10.2 Å². The molecule has 3 saturated heterocycles. The summed E-state index contributed by atoms with van der Waals surface area (Å²) in [6.07, 6.45) is 2.97. The summed E-state index contributed by atoms with van der Waals surface area (Å²) in [7, 11) is -3.05. The van der Waals surface area contributed by atoms with Gasteiger partial charge in [0.1, 0.15) is 0 Å². The Morgan fingerprint density at radius 1 is 1.23 bits per heavy atom. The summed E-state index contributed by atoms with van der Waals surface area (Å²) in [6.45, 7) is 7.99. The van der Waals surface area contributed by atoms with Crippen LogP contribution in [-0.2, 0) is 20.7 Å². The first-order valence-electron chi connectivity index (χ1n) is 13.0. The Hall–Kier alpha value is -1.81. The van der Waals surface area contributed by atoms with Crippen molar-refractivity contribution in [3.8, 4) is 0 Å². The first-order valence-corrected chi connectivity index (χ1v) is 16.0. The number of likely N-dealkylation sites (tertiary alicyclic amines) is 1. The van der Waals surface area contributed by atoms with Crippen LogP contribution in [0, 0.1) is 5.92 Å². The summed E-state index contributed by atoms with van der Waals surface area (Å²) in [5.41, 5.74) is 1.84. The maximum absolute atomic E-state index is 15.4. The van der Waals surface area contributed by atoms with Crippen LogP contribution in [0.3, 0.4) is 0 Å². The zero-order valence-corrected chi connectivity index (χ0v) is 22.2. The molecule has 0 saturated carbocycles. The summed E-state index contributed by atoms with van der Waals surface area (Å²) in [5.74, 6) is 0.103. The van der Waals surface area contributed by atoms with Gasteiger partial charge in [-0.05, 0) is 62.4 Å². The fourth-order valence-electron chi connectivity index (χ4n) is 6.25. The van der Waals surface area contributed by atoms with E-state index in [-0.39, 0.29) is 48.4 Å². The number of aryl methyl sites for hydroxylation is 1. The molecule has 0 radical (unpaired) electrons. The molecule has 3 fully saturated rings. The fourth-order valence-corrected chi connectivity index (χ4v) is 8.80. The van der Waals surface area contributed by atoms with Gasteiger partial charge in [-0.1, -0.05) is 19.1 Å². The van der Waals surface area contributed by atoms with E-state index in [0.29, 0.717) is 19.6 Å². The van der Waals surface area contributed by atoms with Crippen LogP contribution >= 0.6 is 0 Å². The third kappa shape index (κ3) is 5.95. The van der Waals surface area contributed by atoms with Gasteiger partial charge >= 0.3 is 0 Å². The van der Waals surface area contributed by atoms with Gasteiger partial charge in [0.2, 0.25) is 20.2 Å². The highest BCUT2D eigenvalue weighted by Gasteiger charge is 2.52. The molecular weight excluding hydrogens is 465 g/mol. The lowest BCUT2D eigenvalue weighted by molar-refractivity contribution is -0.135. The van der Waals surface area contributed by atoms with Gasteiger partial charge in [0.05, 0.1) is 37.8 Å². The van der Waals surface area contributed by atoms with Gasteiger partial charge in [0.15, 0.2) is 0 Å². The number of benzene rings is 1. The summed E-state index contributed by atoms with van der Waals surface area (Å²) in [6, 6.07) is 7.98. The molecule has 0 aliphatic carbocycles. The van der Waals surface area contributed by atoms with Crippen LogP contribution in [0.5, 0.6) is 0 Å². The van der Waals surface area contributed by atoms with Gasteiger partial charge < -0.3 is 29.1 Å². The predicted molar refractivity (Wildman–Crippen MR) is 137 cm³/mol. The summed E-state index contributed by atoms with van der Waals surface area (Å²) >= 11 is 0. The molecule has 5 atom stereocenters. The zero-order valence-electron chi connectivity index (χ0n) is 21.2. The Morgan fingerprint density at radius 3 is 2.63 bits per heavy atom. The highest BCUT2D eigenvalue weighted by molar-refractivity contribution is 6.72. The van der Waals surface area contributed by atoms with Gasteiger partial charge in [-0.15, -0.1) is 0 Å². The molecule has 0 unspecified atom stereocenters. The van der Waals surface area contributed by atoms with Crippen LogP contribution in [0.4, 0.5) is 9.80 Å². The normalized spacial score (nSPS) is 29.7. The quantitative estimate of drug-likeness (QED) is 0.419. The Kier molecular flexibility index (Phi) is 8.30. The number of piperazine rings is 1. The number of anilines is 1. The molecule has 4 rings (SSSR count). The molecule has 2 N–H and O–H groups in total. The second-order valence-electron chi connectivity index (χ2n) is 10.9. The lowest BCUT2D eigenvalue weighted by Gasteiger charge is -2.30. The summed E-state index contributed by atoms with van der Waals surface area (Å²) in [4.78, 5) is 28.7. The molecule has 9 heteroatoms. The van der Waals surface area contributed by atoms with Crippen molar-refractivity contribution in [2.24, 2.45) is 5.92 Å². The molecule has 35 heavy (non-hydrogen) atoms. The molecule has 1 aromatic carbocycles. The minimum Gasteiger partial charge on any atom is -0.394 e. The number of carbonyl (C=O) groups excluding carboxylic acids is 2. The highest BCUT2D eigenvalue weighted by atomic mass is 28.4. The first-order chi connectivity index (χ1) is 16.7. The van der Waals surface area contributed by atoms with Gasteiger partial charge in [-0.2, -0.15) is 0 Å². The molecular formula is C26H40FN3O4Si. The van der Waals surface area contributed by atoms with E-state index in [2.05, 4.69) is 24.4 Å². The molecule has 0 bridgehead atoms. The van der Waals surface area contributed by atoms with Crippen LogP contribution in [-0.4, -0.2) is 81.3 Å². The van der Waals surface area contributed by atoms with Crippen molar-refractivity contribution in [3.63, 3.8) is 0 Å². The zero-order chi connectivity index (χ0) is 25.2. The number of amides is 2. The van der Waals surface area contributed by atoms with Crippen molar-refractivity contribution in [2.75, 3.05) is 37.7 Å². The molecule has 3 aliphatic rings. The van der Waals surface area contributed by atoms with Crippen LogP contribution in [0.25, 0.3) is 0 Å². The van der Waals surface area contributed by atoms with Gasteiger partial charge in [-0.25, -0.2) is 0 Å². The Labute approximate surface area is 209 Å². The van der Waals surface area contributed by atoms with Gasteiger partial charge in [-0.3, -0.25) is 9.59 Å². The lowest BCUT2D eigenvalue weighted by atomic mass is 9.95. The van der Waals surface area contributed by atoms with Crippen LogP contribution in [0.2, 0.25) is 18.6 Å². The maximum Gasteiger partial charge on any atom is 0.246 e. The van der Waals surface area contributed by atoms with Crippen molar-refractivity contribution in [3.05, 3.63) is 29.8 Å². The molecule has 2 amide bonds. The first kappa shape index (κ1) is 26.3. The number of nitrogens with one attached hydrogen (secondary N) is 1. The average Bonchev–Trinajstić information content (AvgIpc) is 3.42. The number of halogens is 1. The third-order valence-corrected chi connectivity index (χ3v) is 10.5. The van der Waals surface area contributed by atoms with E-state index in [0.717, 1.165) is 43.5 Å². The van der Waals surface area contributed by atoms with Crippen molar-refractivity contribution >= 4 is 25.9 Å². The average molecular weight is 506 g/mol. The van der Waals surface area contributed by atoms with Crippen molar-refractivity contribution in [1.82, 2.24) is 10.2 Å². The predicted octanol–water partition coefficient (Wildman–Crippen LogP) is 2.88. The topological polar surface area (TPSA) is 82.1 Å². The second-order valence-corrected chi connectivity index (χ2v) is 14.7. The van der Waals surface area contributed by atoms with Crippen LogP contribution in [0.15, 0.2) is 24.3 Å². The standard InChI is InChI=1S/C26H40FN3O4Si/c1-18-22(11-8-19-6-9-20(10-7-19)30-14-12-28-16-25(30)33)34-23(26(18)35(2,3)27)15-24(32)29-13-4-5-21(29)17-31/h6-7,9-10,18,21-23,26,28,31H,4-5,8,11-17H2,1-3H3/t18-,21-,22+,23-,26+/m0/s1. The molecule has 7 nitrogen and oxygen atoms in total. The third-order valence-electron chi connectivity index (χ3n) is 8.03. The molecule has 0 aromatic heterocycles. The number of aliphatic hydroxyl groups is 1. The maximum atomic E-state index is 15.4. The van der Waals surface area contributed by atoms with Crippen molar-refractivity contribution < 1.29 is 23.5 Å². The van der Waals surface area contributed by atoms with E-state index < -0.39 is 14.5 Å². The monoisotopic (exact) mass is 505 g/mol. The Morgan fingerprint density at radius 2 is 1.97 bits per heavy atom. The summed E-state index contributed by atoms with van der Waals surface area (Å²) < 4.78 is 21.8. The van der Waals surface area contributed by atoms with E-state index in [1.807, 2.05) is 17.0 Å². The Balaban J connectivity index is 1.38. The second kappa shape index (κ2) is 11.1. The van der Waals surface area contributed by atoms with Gasteiger partial charge in [0, 0.05) is 30.9 Å². The number of hydrogen-bond donors (Lipinski definition) is 2. The summed E-state index contributed by atoms with van der Waals surface area (Å²) in [5, 5.41) is 12.7. The molecule has 1 aromatic rings. The number of ether oxygens (including phenoxy) is 1. The van der Waals surface area contributed by atoms with Crippen molar-refractivity contribution in [2.45, 2.75) is 75.9 Å². The molecule has 3 aliphatic heterocycles. The largest absolute Gasteiger partial charge is 0.394 e. The van der Waals surface area contributed by atoms with E-state index in [1.54, 1.807) is 18.0 Å². The molecule has 0 spiro atoms. The number of carbonyl (C=O) groups is 2. The van der Waals surface area contributed by atoms with Crippen LogP contribution in [0.1, 0.15) is 38.2 Å². The number of rotatable bonds is 8. The van der Waals surface area contributed by atoms with E-state index >= 15 is 4.11 Å². The van der Waals surface area contributed by atoms with E-state index in [9.17, 15) is 14.7 Å². The number of hydrogen-bond acceptors (Lipinski definition) is 5. The Bertz CT molecular complexity index is 894. The molecule has 3 heterocycles. The minimum atomic E-state index is -3.05. The highest BCUT2D eigenvalue weighted by Crippen LogP contribution is 2.47. The minimum absolute atomic E-state index is 0.0231. The lowest BCUT2D eigenvalue weighted by Crippen LogP contribution is -2.48. The number of nitrogens with zero attached hydrogens (tertiary/aromatic N) is 2. The van der Waals surface area contributed by atoms with E-state index in [1.165, 1.54) is 0 Å². The SMILES string of the molecule is C[C@@H]1[C@@H]([Si](C)(C)F)[C@H](CC(=O)N2CCC[C@H]2CO)O[C@@H]1CCc1ccc(N2CCNCC2=O)cc1. The van der Waals surface area contributed by atoms with E-state index in [4.69, 9.17) is 4.74 Å². The smallest absolute Gasteiger partial charge is 0.246 e. The van der Waals surface area contributed by atoms with Gasteiger partial charge in [0.25, 0.3) is 0 Å².